The molecule has 7 nitrogen and oxygen atoms in total. The van der Waals surface area contributed by atoms with E-state index in [1.165, 1.54) is 0 Å². The zero-order valence-electron chi connectivity index (χ0n) is 21.4. The molecule has 3 saturated heterocycles. The number of benzene rings is 1. The molecular weight excluding hydrogens is 542 g/mol. The van der Waals surface area contributed by atoms with Crippen LogP contribution in [0.15, 0.2) is 18.2 Å². The molecule has 0 aliphatic carbocycles. The molecule has 3 heterocycles. The third-order valence-corrected chi connectivity index (χ3v) is 11.1. The molecule has 0 aromatic heterocycles. The van der Waals surface area contributed by atoms with Crippen LogP contribution in [0.3, 0.4) is 0 Å². The van der Waals surface area contributed by atoms with Crippen molar-refractivity contribution in [1.29, 1.82) is 0 Å². The van der Waals surface area contributed by atoms with Crippen molar-refractivity contribution in [1.82, 2.24) is 10.2 Å². The quantitative estimate of drug-likeness (QED) is 0.274. The standard InChI is InChI=1S/C27H38BrN3O4S/c1-4-12-29-24(33)19-20-26(35)31(13-7-5-6-8-14-32)23(27(20)15-18(28)22(19)36-27)25(34)30-21-16(2)10-9-11-17(21)3/h9-11,18-20,22-23,32H,4-8,12-15H2,1-3H3,(H,29,33)(H,30,34)/t18?,19-,20-,22-,23?,27?/m0/s1. The third-order valence-electron chi connectivity index (χ3n) is 7.93. The number of hydrogen-bond donors (Lipinski definition) is 3. The normalized spacial score (nSPS) is 30.5. The summed E-state index contributed by atoms with van der Waals surface area (Å²) in [6.07, 6.45) is 4.78. The number of amides is 3. The number of nitrogens with zero attached hydrogens (tertiary/aromatic N) is 1. The minimum absolute atomic E-state index is 0.0296. The number of rotatable bonds is 11. The number of carbonyl (C=O) groups excluding carboxylic acids is 3. The second-order valence-electron chi connectivity index (χ2n) is 10.4. The van der Waals surface area contributed by atoms with Crippen molar-refractivity contribution in [2.24, 2.45) is 11.8 Å². The number of aliphatic hydroxyl groups is 1. The summed E-state index contributed by atoms with van der Waals surface area (Å²) < 4.78 is -0.629. The average Bonchev–Trinajstić information content (AvgIpc) is 3.43. The molecule has 0 radical (unpaired) electrons. The van der Waals surface area contributed by atoms with E-state index in [2.05, 4.69) is 26.6 Å². The van der Waals surface area contributed by atoms with Crippen molar-refractivity contribution in [2.75, 3.05) is 25.0 Å². The van der Waals surface area contributed by atoms with E-state index in [4.69, 9.17) is 5.11 Å². The summed E-state index contributed by atoms with van der Waals surface area (Å²) >= 11 is 5.48. The fourth-order valence-electron chi connectivity index (χ4n) is 6.29. The van der Waals surface area contributed by atoms with Gasteiger partial charge in [0.05, 0.1) is 16.6 Å². The van der Waals surface area contributed by atoms with Crippen molar-refractivity contribution >= 4 is 51.1 Å². The van der Waals surface area contributed by atoms with Gasteiger partial charge in [0.2, 0.25) is 17.7 Å². The summed E-state index contributed by atoms with van der Waals surface area (Å²) in [6.45, 7) is 7.18. The molecule has 3 aliphatic rings. The maximum absolute atomic E-state index is 14.0. The van der Waals surface area contributed by atoms with Gasteiger partial charge in [-0.25, -0.2) is 0 Å². The Morgan fingerprint density at radius 2 is 1.86 bits per heavy atom. The summed E-state index contributed by atoms with van der Waals surface area (Å²) in [7, 11) is 0. The van der Waals surface area contributed by atoms with Gasteiger partial charge >= 0.3 is 0 Å². The number of halogens is 1. The van der Waals surface area contributed by atoms with Gasteiger partial charge in [-0.3, -0.25) is 14.4 Å². The molecule has 3 fully saturated rings. The van der Waals surface area contributed by atoms with Gasteiger partial charge in [-0.15, -0.1) is 11.8 Å². The molecule has 2 bridgehead atoms. The number of anilines is 1. The van der Waals surface area contributed by atoms with Gasteiger partial charge in [0.1, 0.15) is 6.04 Å². The van der Waals surface area contributed by atoms with Crippen LogP contribution in [-0.2, 0) is 14.4 Å². The van der Waals surface area contributed by atoms with Crippen LogP contribution >= 0.6 is 27.7 Å². The van der Waals surface area contributed by atoms with Crippen LogP contribution in [0.4, 0.5) is 5.69 Å². The predicted octanol–water partition coefficient (Wildman–Crippen LogP) is 3.79. The smallest absolute Gasteiger partial charge is 0.248 e. The molecule has 1 aromatic rings. The Hall–Kier alpha value is -1.58. The van der Waals surface area contributed by atoms with E-state index in [1.807, 2.05) is 39.0 Å². The first-order valence-electron chi connectivity index (χ1n) is 13.1. The Morgan fingerprint density at radius 1 is 1.17 bits per heavy atom. The summed E-state index contributed by atoms with van der Waals surface area (Å²) in [5, 5.41) is 15.3. The van der Waals surface area contributed by atoms with E-state index < -0.39 is 22.6 Å². The molecule has 6 atom stereocenters. The van der Waals surface area contributed by atoms with Gasteiger partial charge in [0, 0.05) is 35.5 Å². The van der Waals surface area contributed by atoms with Crippen LogP contribution < -0.4 is 10.6 Å². The summed E-state index contributed by atoms with van der Waals surface area (Å²) in [5.74, 6) is -1.24. The number of fused-ring (bicyclic) bond motifs is 1. The molecule has 3 unspecified atom stereocenters. The molecule has 1 aromatic carbocycles. The van der Waals surface area contributed by atoms with Crippen LogP contribution in [0.25, 0.3) is 0 Å². The van der Waals surface area contributed by atoms with Gasteiger partial charge < -0.3 is 20.6 Å². The van der Waals surface area contributed by atoms with Crippen LogP contribution in [0.5, 0.6) is 0 Å². The average molecular weight is 581 g/mol. The Kier molecular flexibility index (Phi) is 8.72. The van der Waals surface area contributed by atoms with E-state index in [9.17, 15) is 14.4 Å². The first-order valence-corrected chi connectivity index (χ1v) is 14.9. The number of para-hydroxylation sites is 1. The Bertz CT molecular complexity index is 987. The zero-order valence-corrected chi connectivity index (χ0v) is 23.8. The number of alkyl halides is 1. The molecule has 9 heteroatoms. The van der Waals surface area contributed by atoms with Gasteiger partial charge in [0.15, 0.2) is 0 Å². The number of thioether (sulfide) groups is 1. The van der Waals surface area contributed by atoms with Gasteiger partial charge in [0.25, 0.3) is 0 Å². The lowest BCUT2D eigenvalue weighted by molar-refractivity contribution is -0.139. The van der Waals surface area contributed by atoms with E-state index in [1.54, 1.807) is 16.7 Å². The maximum atomic E-state index is 14.0. The highest BCUT2D eigenvalue weighted by Crippen LogP contribution is 2.67. The van der Waals surface area contributed by atoms with E-state index in [0.29, 0.717) is 19.5 Å². The second kappa shape index (κ2) is 11.4. The number of unbranched alkanes of at least 4 members (excludes halogenated alkanes) is 3. The SMILES string of the molecule is CCCNC(=O)[C@H]1[C@H]2C(=O)N(CCCCCCO)C(C(=O)Nc3c(C)cccc3C)C23CC(Br)[C@@H]1S3. The number of aryl methyl sites for hydroxylation is 2. The maximum Gasteiger partial charge on any atom is 0.248 e. The fourth-order valence-corrected chi connectivity index (χ4v) is 9.90. The lowest BCUT2D eigenvalue weighted by atomic mass is 9.70. The van der Waals surface area contributed by atoms with Crippen molar-refractivity contribution in [2.45, 2.75) is 80.2 Å². The van der Waals surface area contributed by atoms with Gasteiger partial charge in [-0.1, -0.05) is 53.9 Å². The van der Waals surface area contributed by atoms with Crippen molar-refractivity contribution in [3.63, 3.8) is 0 Å². The topological polar surface area (TPSA) is 98.7 Å². The summed E-state index contributed by atoms with van der Waals surface area (Å²) in [4.78, 5) is 43.1. The van der Waals surface area contributed by atoms with Gasteiger partial charge in [-0.05, 0) is 50.7 Å². The zero-order chi connectivity index (χ0) is 26.0. The number of aliphatic hydroxyl groups excluding tert-OH is 1. The number of hydrogen-bond acceptors (Lipinski definition) is 5. The second-order valence-corrected chi connectivity index (χ2v) is 13.1. The molecule has 4 rings (SSSR count). The van der Waals surface area contributed by atoms with Crippen LogP contribution in [-0.4, -0.2) is 68.3 Å². The first-order chi connectivity index (χ1) is 17.3. The molecule has 198 valence electrons. The summed E-state index contributed by atoms with van der Waals surface area (Å²) in [5.41, 5.74) is 2.76. The van der Waals surface area contributed by atoms with Crippen LogP contribution in [0, 0.1) is 25.7 Å². The lowest BCUT2D eigenvalue weighted by Gasteiger charge is -2.35. The van der Waals surface area contributed by atoms with E-state index >= 15 is 0 Å². The number of likely N-dealkylation sites (tertiary alicyclic amines) is 1. The van der Waals surface area contributed by atoms with Crippen molar-refractivity contribution in [3.8, 4) is 0 Å². The van der Waals surface area contributed by atoms with Crippen molar-refractivity contribution < 1.29 is 19.5 Å². The van der Waals surface area contributed by atoms with E-state index in [0.717, 1.165) is 48.9 Å². The molecule has 1 spiro atoms. The largest absolute Gasteiger partial charge is 0.396 e. The monoisotopic (exact) mass is 579 g/mol. The third kappa shape index (κ3) is 4.83. The fraction of sp³-hybridized carbons (Fsp3) is 0.667. The molecular formula is C27H38BrN3O4S. The molecule has 36 heavy (non-hydrogen) atoms. The number of nitrogens with one attached hydrogen (secondary N) is 2. The predicted molar refractivity (Wildman–Crippen MR) is 147 cm³/mol. The van der Waals surface area contributed by atoms with Crippen LogP contribution in [0.2, 0.25) is 0 Å². The molecule has 3 amide bonds. The highest BCUT2D eigenvalue weighted by molar-refractivity contribution is 9.09. The van der Waals surface area contributed by atoms with Crippen molar-refractivity contribution in [3.05, 3.63) is 29.3 Å². The number of carbonyl (C=O) groups is 3. The lowest BCUT2D eigenvalue weighted by Crippen LogP contribution is -2.53. The highest BCUT2D eigenvalue weighted by Gasteiger charge is 2.75. The Labute approximate surface area is 226 Å². The first kappa shape index (κ1) is 27.5. The minimum Gasteiger partial charge on any atom is -0.396 e. The molecule has 3 N–H and O–H groups in total. The highest BCUT2D eigenvalue weighted by atomic mass is 79.9. The molecule has 0 saturated carbocycles. The Balaban J connectivity index is 1.66. The Morgan fingerprint density at radius 3 is 2.53 bits per heavy atom. The summed E-state index contributed by atoms with van der Waals surface area (Å²) in [6, 6.07) is 5.28. The molecule has 3 aliphatic heterocycles. The van der Waals surface area contributed by atoms with Gasteiger partial charge in [-0.2, -0.15) is 0 Å². The van der Waals surface area contributed by atoms with E-state index in [-0.39, 0.29) is 34.4 Å². The van der Waals surface area contributed by atoms with Crippen LogP contribution in [0.1, 0.15) is 56.6 Å². The minimum atomic E-state index is -0.633.